The van der Waals surface area contributed by atoms with Crippen LogP contribution >= 0.6 is 0 Å². The van der Waals surface area contributed by atoms with Crippen LogP contribution in [0.2, 0.25) is 0 Å². The molecule has 18 heavy (non-hydrogen) atoms. The molecule has 0 fully saturated rings. The second-order valence-electron chi connectivity index (χ2n) is 4.56. The van der Waals surface area contributed by atoms with Crippen molar-refractivity contribution < 1.29 is 0 Å². The van der Waals surface area contributed by atoms with Crippen molar-refractivity contribution in [1.29, 1.82) is 0 Å². The number of H-pyrrole nitrogens is 1. The van der Waals surface area contributed by atoms with Crippen LogP contribution in [0.4, 0.5) is 5.69 Å². The van der Waals surface area contributed by atoms with Crippen molar-refractivity contribution in [3.8, 4) is 0 Å². The fourth-order valence-electron chi connectivity index (χ4n) is 1.70. The molecule has 1 aromatic carbocycles. The van der Waals surface area contributed by atoms with Crippen LogP contribution in [-0.2, 0) is 0 Å². The fraction of sp³-hybridized carbons (Fsp3) is 0.286. The number of anilines is 1. The molecule has 0 amide bonds. The quantitative estimate of drug-likeness (QED) is 0.900. The third-order valence-electron chi connectivity index (χ3n) is 2.74. The maximum Gasteiger partial charge on any atom is 0.176 e. The predicted molar refractivity (Wildman–Crippen MR) is 75.4 cm³/mol. The van der Waals surface area contributed by atoms with Gasteiger partial charge in [0.25, 0.3) is 0 Å². The standard InChI is InChI=1S/C14H18N4/c1-10(14-15-11(2)16-17-14)9-12-5-7-13(8-6-12)18(3)4/h5-9H,1-4H3,(H,15,16,17). The minimum atomic E-state index is 0.754. The minimum Gasteiger partial charge on any atom is -0.378 e. The van der Waals surface area contributed by atoms with Gasteiger partial charge < -0.3 is 4.90 Å². The molecule has 0 aliphatic heterocycles. The SMILES string of the molecule is CC(=Cc1ccc(N(C)C)cc1)c1n[nH]c(C)n1. The smallest absolute Gasteiger partial charge is 0.176 e. The number of allylic oxidation sites excluding steroid dienone is 1. The van der Waals surface area contributed by atoms with E-state index in [9.17, 15) is 0 Å². The van der Waals surface area contributed by atoms with Crippen LogP contribution in [0.15, 0.2) is 24.3 Å². The highest BCUT2D eigenvalue weighted by molar-refractivity contribution is 5.77. The summed E-state index contributed by atoms with van der Waals surface area (Å²) in [7, 11) is 4.07. The first kappa shape index (κ1) is 12.4. The van der Waals surface area contributed by atoms with Crippen LogP contribution in [-0.4, -0.2) is 29.3 Å². The summed E-state index contributed by atoms with van der Waals surface area (Å²) < 4.78 is 0. The second kappa shape index (κ2) is 5.04. The Bertz CT molecular complexity index is 549. The average molecular weight is 242 g/mol. The largest absolute Gasteiger partial charge is 0.378 e. The van der Waals surface area contributed by atoms with Crippen molar-refractivity contribution in [2.24, 2.45) is 0 Å². The number of hydrogen-bond acceptors (Lipinski definition) is 3. The molecule has 0 saturated heterocycles. The van der Waals surface area contributed by atoms with Gasteiger partial charge in [-0.1, -0.05) is 12.1 Å². The molecule has 0 aliphatic rings. The topological polar surface area (TPSA) is 44.8 Å². The number of rotatable bonds is 3. The van der Waals surface area contributed by atoms with Gasteiger partial charge in [0.1, 0.15) is 5.82 Å². The van der Waals surface area contributed by atoms with E-state index in [1.165, 1.54) is 5.69 Å². The van der Waals surface area contributed by atoms with Gasteiger partial charge in [-0.2, -0.15) is 5.10 Å². The lowest BCUT2D eigenvalue weighted by Crippen LogP contribution is -2.07. The first-order chi connectivity index (χ1) is 8.56. The molecule has 0 aliphatic carbocycles. The monoisotopic (exact) mass is 242 g/mol. The van der Waals surface area contributed by atoms with Gasteiger partial charge in [-0.25, -0.2) is 4.98 Å². The van der Waals surface area contributed by atoms with Gasteiger partial charge in [0.05, 0.1) is 0 Å². The van der Waals surface area contributed by atoms with Crippen molar-refractivity contribution in [3.63, 3.8) is 0 Å². The van der Waals surface area contributed by atoms with Crippen molar-refractivity contribution in [3.05, 3.63) is 41.5 Å². The first-order valence-corrected chi connectivity index (χ1v) is 5.91. The maximum absolute atomic E-state index is 4.31. The zero-order valence-electron chi connectivity index (χ0n) is 11.2. The molecule has 4 heteroatoms. The molecule has 2 aromatic rings. The van der Waals surface area contributed by atoms with E-state index in [1.807, 2.05) is 27.9 Å². The van der Waals surface area contributed by atoms with Crippen LogP contribution in [0.1, 0.15) is 24.1 Å². The van der Waals surface area contributed by atoms with E-state index in [1.54, 1.807) is 0 Å². The van der Waals surface area contributed by atoms with Crippen molar-refractivity contribution in [2.45, 2.75) is 13.8 Å². The Balaban J connectivity index is 2.22. The highest BCUT2D eigenvalue weighted by Crippen LogP contribution is 2.17. The number of benzene rings is 1. The molecule has 0 atom stereocenters. The number of nitrogens with one attached hydrogen (secondary N) is 1. The molecule has 0 saturated carbocycles. The summed E-state index contributed by atoms with van der Waals surface area (Å²) in [6.07, 6.45) is 2.09. The van der Waals surface area contributed by atoms with Gasteiger partial charge in [-0.3, -0.25) is 5.10 Å². The lowest BCUT2D eigenvalue weighted by atomic mass is 10.1. The molecule has 0 unspecified atom stereocenters. The van der Waals surface area contributed by atoms with E-state index >= 15 is 0 Å². The minimum absolute atomic E-state index is 0.754. The summed E-state index contributed by atoms with van der Waals surface area (Å²) in [4.78, 5) is 6.39. The van der Waals surface area contributed by atoms with Gasteiger partial charge in [0.2, 0.25) is 0 Å². The van der Waals surface area contributed by atoms with Crippen molar-refractivity contribution >= 4 is 17.3 Å². The van der Waals surface area contributed by atoms with Gasteiger partial charge in [-0.15, -0.1) is 0 Å². The fourth-order valence-corrected chi connectivity index (χ4v) is 1.70. The van der Waals surface area contributed by atoms with E-state index in [4.69, 9.17) is 0 Å². The summed E-state index contributed by atoms with van der Waals surface area (Å²) in [6.45, 7) is 3.91. The predicted octanol–water partition coefficient (Wildman–Crippen LogP) is 2.74. The molecule has 1 heterocycles. The molecular formula is C14H18N4. The molecule has 0 spiro atoms. The molecule has 0 radical (unpaired) electrons. The Morgan fingerprint density at radius 1 is 1.22 bits per heavy atom. The summed E-state index contributed by atoms with van der Waals surface area (Å²) in [5.41, 5.74) is 3.40. The van der Waals surface area contributed by atoms with Crippen LogP contribution < -0.4 is 4.90 Å². The lowest BCUT2D eigenvalue weighted by Gasteiger charge is -2.11. The Labute approximate surface area is 107 Å². The second-order valence-corrected chi connectivity index (χ2v) is 4.56. The molecule has 0 bridgehead atoms. The molecule has 4 nitrogen and oxygen atoms in total. The summed E-state index contributed by atoms with van der Waals surface area (Å²) in [5, 5.41) is 7.00. The number of aromatic nitrogens is 3. The third-order valence-corrected chi connectivity index (χ3v) is 2.74. The van der Waals surface area contributed by atoms with Gasteiger partial charge >= 0.3 is 0 Å². The molecule has 2 rings (SSSR count). The molecule has 94 valence electrons. The molecule has 1 aromatic heterocycles. The van der Waals surface area contributed by atoms with E-state index in [0.717, 1.165) is 22.8 Å². The van der Waals surface area contributed by atoms with E-state index in [-0.39, 0.29) is 0 Å². The number of hydrogen-bond donors (Lipinski definition) is 1. The molecule has 1 N–H and O–H groups in total. The van der Waals surface area contributed by atoms with Gasteiger partial charge in [0, 0.05) is 19.8 Å². The number of aromatic amines is 1. The summed E-state index contributed by atoms with van der Waals surface area (Å²) >= 11 is 0. The average Bonchev–Trinajstić information content (AvgIpc) is 2.76. The number of nitrogens with zero attached hydrogens (tertiary/aromatic N) is 3. The first-order valence-electron chi connectivity index (χ1n) is 5.91. The Morgan fingerprint density at radius 3 is 2.39 bits per heavy atom. The zero-order chi connectivity index (χ0) is 13.1. The lowest BCUT2D eigenvalue weighted by molar-refractivity contribution is 1.03. The summed E-state index contributed by atoms with van der Waals surface area (Å²) in [5.74, 6) is 1.59. The van der Waals surface area contributed by atoms with Gasteiger partial charge in [-0.05, 0) is 43.2 Å². The summed E-state index contributed by atoms with van der Waals surface area (Å²) in [6, 6.07) is 8.39. The normalized spacial score (nSPS) is 11.7. The highest BCUT2D eigenvalue weighted by atomic mass is 15.2. The van der Waals surface area contributed by atoms with Crippen LogP contribution in [0.5, 0.6) is 0 Å². The van der Waals surface area contributed by atoms with E-state index in [0.29, 0.717) is 0 Å². The van der Waals surface area contributed by atoms with E-state index in [2.05, 4.69) is 50.4 Å². The van der Waals surface area contributed by atoms with Crippen LogP contribution in [0.25, 0.3) is 11.6 Å². The van der Waals surface area contributed by atoms with Gasteiger partial charge in [0.15, 0.2) is 5.82 Å². The van der Waals surface area contributed by atoms with Crippen molar-refractivity contribution in [2.75, 3.05) is 19.0 Å². The number of aryl methyl sites for hydroxylation is 1. The maximum atomic E-state index is 4.31. The Hall–Kier alpha value is -2.10. The molecular weight excluding hydrogens is 224 g/mol. The highest BCUT2D eigenvalue weighted by Gasteiger charge is 2.02. The zero-order valence-corrected chi connectivity index (χ0v) is 11.2. The van der Waals surface area contributed by atoms with E-state index < -0.39 is 0 Å². The van der Waals surface area contributed by atoms with Crippen LogP contribution in [0.3, 0.4) is 0 Å². The third kappa shape index (κ3) is 2.77. The van der Waals surface area contributed by atoms with Crippen molar-refractivity contribution in [1.82, 2.24) is 15.2 Å². The Kier molecular flexibility index (Phi) is 3.46. The Morgan fingerprint density at radius 2 is 1.89 bits per heavy atom. The van der Waals surface area contributed by atoms with Crippen LogP contribution in [0, 0.1) is 6.92 Å².